The molecular formula is C13H17ClN2. The highest BCUT2D eigenvalue weighted by Crippen LogP contribution is 2.27. The first kappa shape index (κ1) is 11.5. The maximum absolute atomic E-state index is 6.20. The summed E-state index contributed by atoms with van der Waals surface area (Å²) < 4.78 is 2.32. The summed E-state index contributed by atoms with van der Waals surface area (Å²) in [5, 5.41) is 1.98. The van der Waals surface area contributed by atoms with Gasteiger partial charge in [0.05, 0.1) is 0 Å². The van der Waals surface area contributed by atoms with Crippen LogP contribution >= 0.6 is 11.6 Å². The molecule has 0 fully saturated rings. The Morgan fingerprint density at radius 1 is 1.38 bits per heavy atom. The van der Waals surface area contributed by atoms with Gasteiger partial charge in [-0.3, -0.25) is 0 Å². The lowest BCUT2D eigenvalue weighted by atomic mass is 10.2. The third kappa shape index (κ3) is 1.95. The maximum atomic E-state index is 6.20. The molecule has 0 aliphatic carbocycles. The molecule has 2 rings (SSSR count). The van der Waals surface area contributed by atoms with Gasteiger partial charge in [-0.1, -0.05) is 17.7 Å². The van der Waals surface area contributed by atoms with Crippen LogP contribution in [-0.2, 0) is 13.0 Å². The summed E-state index contributed by atoms with van der Waals surface area (Å²) in [6, 6.07) is 8.26. The van der Waals surface area contributed by atoms with E-state index in [2.05, 4.69) is 23.6 Å². The number of hydrogen-bond acceptors (Lipinski definition) is 1. The van der Waals surface area contributed by atoms with Crippen LogP contribution in [0.15, 0.2) is 24.3 Å². The van der Waals surface area contributed by atoms with Crippen LogP contribution < -0.4 is 5.73 Å². The van der Waals surface area contributed by atoms with Crippen molar-refractivity contribution in [2.45, 2.75) is 26.3 Å². The van der Waals surface area contributed by atoms with Crippen molar-refractivity contribution in [3.63, 3.8) is 0 Å². The van der Waals surface area contributed by atoms with Crippen LogP contribution in [0.2, 0.25) is 5.02 Å². The van der Waals surface area contributed by atoms with E-state index in [9.17, 15) is 0 Å². The zero-order valence-corrected chi connectivity index (χ0v) is 10.3. The van der Waals surface area contributed by atoms with E-state index in [-0.39, 0.29) is 0 Å². The molecule has 1 heterocycles. The third-order valence-electron chi connectivity index (χ3n) is 2.93. The molecule has 0 amide bonds. The summed E-state index contributed by atoms with van der Waals surface area (Å²) in [6.07, 6.45) is 2.04. The summed E-state index contributed by atoms with van der Waals surface area (Å²) in [6.45, 7) is 3.87. The highest BCUT2D eigenvalue weighted by Gasteiger charge is 2.08. The Kier molecular flexibility index (Phi) is 3.52. The number of benzene rings is 1. The zero-order valence-electron chi connectivity index (χ0n) is 9.54. The van der Waals surface area contributed by atoms with E-state index < -0.39 is 0 Å². The van der Waals surface area contributed by atoms with Gasteiger partial charge in [-0.2, -0.15) is 0 Å². The average Bonchev–Trinajstić information content (AvgIpc) is 2.65. The minimum atomic E-state index is 0.735. The molecule has 0 aliphatic heterocycles. The molecule has 0 atom stereocenters. The van der Waals surface area contributed by atoms with Crippen LogP contribution in [-0.4, -0.2) is 11.1 Å². The molecule has 86 valence electrons. The van der Waals surface area contributed by atoms with E-state index in [1.165, 1.54) is 11.2 Å². The summed E-state index contributed by atoms with van der Waals surface area (Å²) >= 11 is 6.20. The van der Waals surface area contributed by atoms with E-state index in [1.54, 1.807) is 0 Å². The van der Waals surface area contributed by atoms with Gasteiger partial charge >= 0.3 is 0 Å². The lowest BCUT2D eigenvalue weighted by molar-refractivity contribution is 0.707. The van der Waals surface area contributed by atoms with Crippen molar-refractivity contribution in [1.29, 1.82) is 0 Å². The van der Waals surface area contributed by atoms with Crippen molar-refractivity contribution in [2.75, 3.05) is 6.54 Å². The SMILES string of the molecule is CCn1c(CCCN)cc2c(Cl)cccc21. The smallest absolute Gasteiger partial charge is 0.0499 e. The topological polar surface area (TPSA) is 30.9 Å². The van der Waals surface area contributed by atoms with Gasteiger partial charge in [0.2, 0.25) is 0 Å². The predicted octanol–water partition coefficient (Wildman–Crippen LogP) is 3.21. The second-order valence-electron chi connectivity index (χ2n) is 3.94. The van der Waals surface area contributed by atoms with Crippen molar-refractivity contribution < 1.29 is 0 Å². The van der Waals surface area contributed by atoms with Gasteiger partial charge in [-0.15, -0.1) is 0 Å². The van der Waals surface area contributed by atoms with Crippen LogP contribution in [0.3, 0.4) is 0 Å². The number of rotatable bonds is 4. The van der Waals surface area contributed by atoms with Crippen LogP contribution in [0.5, 0.6) is 0 Å². The van der Waals surface area contributed by atoms with Gasteiger partial charge in [0.15, 0.2) is 0 Å². The quantitative estimate of drug-likeness (QED) is 0.869. The van der Waals surface area contributed by atoms with E-state index in [1.807, 2.05) is 12.1 Å². The van der Waals surface area contributed by atoms with Gasteiger partial charge in [0.25, 0.3) is 0 Å². The molecule has 0 radical (unpaired) electrons. The van der Waals surface area contributed by atoms with Crippen molar-refractivity contribution in [3.8, 4) is 0 Å². The van der Waals surface area contributed by atoms with E-state index in [0.29, 0.717) is 0 Å². The number of aryl methyl sites for hydroxylation is 2. The predicted molar refractivity (Wildman–Crippen MR) is 70.0 cm³/mol. The summed E-state index contributed by atoms with van der Waals surface area (Å²) in [4.78, 5) is 0. The van der Waals surface area contributed by atoms with Gasteiger partial charge < -0.3 is 10.3 Å². The largest absolute Gasteiger partial charge is 0.345 e. The second-order valence-corrected chi connectivity index (χ2v) is 4.35. The number of halogens is 1. The number of hydrogen-bond donors (Lipinski definition) is 1. The van der Waals surface area contributed by atoms with Crippen LogP contribution in [0.1, 0.15) is 19.0 Å². The zero-order chi connectivity index (χ0) is 11.5. The van der Waals surface area contributed by atoms with Gasteiger partial charge in [-0.25, -0.2) is 0 Å². The van der Waals surface area contributed by atoms with Gasteiger partial charge in [0.1, 0.15) is 0 Å². The van der Waals surface area contributed by atoms with E-state index >= 15 is 0 Å². The first-order valence-corrected chi connectivity index (χ1v) is 6.12. The normalized spacial score (nSPS) is 11.2. The highest BCUT2D eigenvalue weighted by atomic mass is 35.5. The Morgan fingerprint density at radius 3 is 2.88 bits per heavy atom. The minimum Gasteiger partial charge on any atom is -0.345 e. The van der Waals surface area contributed by atoms with Crippen LogP contribution in [0.4, 0.5) is 0 Å². The first-order valence-electron chi connectivity index (χ1n) is 5.74. The van der Waals surface area contributed by atoms with Gasteiger partial charge in [0, 0.05) is 28.2 Å². The molecule has 0 bridgehead atoms. The highest BCUT2D eigenvalue weighted by molar-refractivity contribution is 6.35. The van der Waals surface area contributed by atoms with Crippen LogP contribution in [0.25, 0.3) is 10.9 Å². The van der Waals surface area contributed by atoms with Crippen molar-refractivity contribution in [2.24, 2.45) is 5.73 Å². The molecule has 0 unspecified atom stereocenters. The van der Waals surface area contributed by atoms with Gasteiger partial charge in [-0.05, 0) is 44.5 Å². The molecule has 2 N–H and O–H groups in total. The molecule has 0 saturated carbocycles. The monoisotopic (exact) mass is 236 g/mol. The molecule has 0 saturated heterocycles. The summed E-state index contributed by atoms with van der Waals surface area (Å²) in [7, 11) is 0. The fourth-order valence-corrected chi connectivity index (χ4v) is 2.39. The Balaban J connectivity index is 2.52. The number of nitrogens with zero attached hydrogens (tertiary/aromatic N) is 1. The van der Waals surface area contributed by atoms with Crippen molar-refractivity contribution >= 4 is 22.5 Å². The Bertz CT molecular complexity index is 488. The van der Waals surface area contributed by atoms with E-state index in [0.717, 1.165) is 36.3 Å². The molecule has 2 nitrogen and oxygen atoms in total. The maximum Gasteiger partial charge on any atom is 0.0499 e. The molecule has 2 aromatic rings. The molecule has 0 spiro atoms. The number of fused-ring (bicyclic) bond motifs is 1. The second kappa shape index (κ2) is 4.89. The molecule has 1 aromatic carbocycles. The summed E-state index contributed by atoms with van der Waals surface area (Å²) in [5.74, 6) is 0. The molecular weight excluding hydrogens is 220 g/mol. The fourth-order valence-electron chi connectivity index (χ4n) is 2.17. The number of nitrogens with two attached hydrogens (primary N) is 1. The Hall–Kier alpha value is -0.990. The molecule has 3 heteroatoms. The first-order chi connectivity index (χ1) is 7.77. The lowest BCUT2D eigenvalue weighted by Gasteiger charge is -2.07. The standard InChI is InChI=1S/C13H17ClN2/c1-2-16-10(5-4-8-15)9-11-12(14)6-3-7-13(11)16/h3,6-7,9H,2,4-5,8,15H2,1H3. The Labute approximate surface area is 101 Å². The molecule has 1 aromatic heterocycles. The Morgan fingerprint density at radius 2 is 2.19 bits per heavy atom. The molecule has 16 heavy (non-hydrogen) atoms. The van der Waals surface area contributed by atoms with Crippen LogP contribution in [0, 0.1) is 0 Å². The average molecular weight is 237 g/mol. The summed E-state index contributed by atoms with van der Waals surface area (Å²) in [5.41, 5.74) is 8.11. The fraction of sp³-hybridized carbons (Fsp3) is 0.385. The third-order valence-corrected chi connectivity index (χ3v) is 3.26. The molecule has 0 aliphatic rings. The van der Waals surface area contributed by atoms with Crippen molar-refractivity contribution in [1.82, 2.24) is 4.57 Å². The van der Waals surface area contributed by atoms with E-state index in [4.69, 9.17) is 17.3 Å². The lowest BCUT2D eigenvalue weighted by Crippen LogP contribution is -2.05. The van der Waals surface area contributed by atoms with Crippen molar-refractivity contribution in [3.05, 3.63) is 35.0 Å². The minimum absolute atomic E-state index is 0.735. The number of aromatic nitrogens is 1.